The summed E-state index contributed by atoms with van der Waals surface area (Å²) in [6.07, 6.45) is -0.249. The van der Waals surface area contributed by atoms with E-state index >= 15 is 0 Å². The molecule has 0 radical (unpaired) electrons. The molecular weight excluding hydrogens is 352 g/mol. The molecule has 2 aliphatic heterocycles. The second-order valence-electron chi connectivity index (χ2n) is 6.32. The van der Waals surface area contributed by atoms with E-state index in [1.54, 1.807) is 12.1 Å². The van der Waals surface area contributed by atoms with Crippen molar-refractivity contribution in [1.82, 2.24) is 10.6 Å². The average Bonchev–Trinajstić information content (AvgIpc) is 2.58. The average molecular weight is 374 g/mol. The van der Waals surface area contributed by atoms with Crippen molar-refractivity contribution < 1.29 is 18.4 Å². The van der Waals surface area contributed by atoms with Crippen molar-refractivity contribution in [1.29, 1.82) is 0 Å². The van der Waals surface area contributed by atoms with E-state index in [1.807, 2.05) is 0 Å². The molecule has 1 unspecified atom stereocenters. The SMILES string of the molecule is Cl.O=C1CCC(Nc2ccc(C3CCNCC3)c(C(F)F)c2)C(=O)N1. The van der Waals surface area contributed by atoms with E-state index in [-0.39, 0.29) is 36.2 Å². The van der Waals surface area contributed by atoms with Gasteiger partial charge in [0.2, 0.25) is 11.8 Å². The fraction of sp³-hybridized carbons (Fsp3) is 0.529. The van der Waals surface area contributed by atoms with E-state index in [0.29, 0.717) is 17.7 Å². The van der Waals surface area contributed by atoms with E-state index < -0.39 is 18.4 Å². The topological polar surface area (TPSA) is 70.2 Å². The zero-order valence-corrected chi connectivity index (χ0v) is 14.5. The lowest BCUT2D eigenvalue weighted by Crippen LogP contribution is -2.47. The number of carbonyl (C=O) groups is 2. The number of benzene rings is 1. The standard InChI is InChI=1S/C17H21F2N3O2.ClH/c18-16(19)13-9-11(21-14-3-4-15(23)22-17(14)24)1-2-12(13)10-5-7-20-8-6-10;/h1-2,9-10,14,16,20-21H,3-8H2,(H,22,23,24);1H. The van der Waals surface area contributed by atoms with Crippen LogP contribution in [0.2, 0.25) is 0 Å². The van der Waals surface area contributed by atoms with Crippen molar-refractivity contribution in [3.8, 4) is 0 Å². The summed E-state index contributed by atoms with van der Waals surface area (Å²) in [5.41, 5.74) is 1.21. The van der Waals surface area contributed by atoms with Gasteiger partial charge in [-0.2, -0.15) is 0 Å². The van der Waals surface area contributed by atoms with Gasteiger partial charge < -0.3 is 10.6 Å². The van der Waals surface area contributed by atoms with E-state index in [4.69, 9.17) is 0 Å². The van der Waals surface area contributed by atoms with Crippen LogP contribution in [0.15, 0.2) is 18.2 Å². The molecule has 2 aliphatic rings. The van der Waals surface area contributed by atoms with Crippen LogP contribution < -0.4 is 16.0 Å². The molecule has 3 rings (SSSR count). The van der Waals surface area contributed by atoms with Gasteiger partial charge in [0.05, 0.1) is 0 Å². The molecule has 0 bridgehead atoms. The van der Waals surface area contributed by atoms with Crippen molar-refractivity contribution in [3.05, 3.63) is 29.3 Å². The van der Waals surface area contributed by atoms with Gasteiger partial charge in [0.1, 0.15) is 6.04 Å². The summed E-state index contributed by atoms with van der Waals surface area (Å²) >= 11 is 0. The molecule has 2 saturated heterocycles. The molecule has 8 heteroatoms. The Morgan fingerprint density at radius 3 is 2.48 bits per heavy atom. The first-order valence-electron chi connectivity index (χ1n) is 8.27. The van der Waals surface area contributed by atoms with Gasteiger partial charge in [-0.3, -0.25) is 14.9 Å². The highest BCUT2D eigenvalue weighted by atomic mass is 35.5. The summed E-state index contributed by atoms with van der Waals surface area (Å²) in [5, 5.41) is 8.46. The Morgan fingerprint density at radius 2 is 1.84 bits per heavy atom. The lowest BCUT2D eigenvalue weighted by molar-refractivity contribution is -0.133. The molecule has 138 valence electrons. The van der Waals surface area contributed by atoms with E-state index in [2.05, 4.69) is 16.0 Å². The molecule has 1 aromatic rings. The quantitative estimate of drug-likeness (QED) is 0.710. The maximum absolute atomic E-state index is 13.5. The van der Waals surface area contributed by atoms with Crippen molar-refractivity contribution in [2.24, 2.45) is 0 Å². The van der Waals surface area contributed by atoms with E-state index in [9.17, 15) is 18.4 Å². The highest BCUT2D eigenvalue weighted by Crippen LogP contribution is 2.35. The highest BCUT2D eigenvalue weighted by molar-refractivity contribution is 6.01. The molecule has 5 nitrogen and oxygen atoms in total. The molecule has 0 saturated carbocycles. The number of carbonyl (C=O) groups excluding carboxylic acids is 2. The predicted molar refractivity (Wildman–Crippen MR) is 93.3 cm³/mol. The number of halogens is 3. The Hall–Kier alpha value is -1.73. The first kappa shape index (κ1) is 19.6. The van der Waals surface area contributed by atoms with Crippen molar-refractivity contribution >= 4 is 29.9 Å². The second-order valence-corrected chi connectivity index (χ2v) is 6.32. The van der Waals surface area contributed by atoms with Crippen LogP contribution in [0.4, 0.5) is 14.5 Å². The molecule has 3 N–H and O–H groups in total. The largest absolute Gasteiger partial charge is 0.374 e. The molecule has 0 aromatic heterocycles. The molecule has 0 spiro atoms. The molecule has 2 fully saturated rings. The highest BCUT2D eigenvalue weighted by Gasteiger charge is 2.27. The molecular formula is C17H22ClF2N3O2. The first-order chi connectivity index (χ1) is 11.5. The molecule has 2 heterocycles. The third-order valence-corrected chi connectivity index (χ3v) is 4.68. The maximum Gasteiger partial charge on any atom is 0.264 e. The van der Waals surface area contributed by atoms with E-state index in [1.165, 1.54) is 6.07 Å². The van der Waals surface area contributed by atoms with Gasteiger partial charge in [0, 0.05) is 17.7 Å². The van der Waals surface area contributed by atoms with Crippen molar-refractivity contribution in [2.45, 2.75) is 44.1 Å². The van der Waals surface area contributed by atoms with Gasteiger partial charge in [-0.05, 0) is 56.0 Å². The summed E-state index contributed by atoms with van der Waals surface area (Å²) in [6, 6.07) is 4.35. The van der Waals surface area contributed by atoms with Gasteiger partial charge in [-0.25, -0.2) is 8.78 Å². The van der Waals surface area contributed by atoms with Crippen LogP contribution in [0.1, 0.15) is 49.2 Å². The number of amides is 2. The third-order valence-electron chi connectivity index (χ3n) is 4.68. The van der Waals surface area contributed by atoms with Crippen molar-refractivity contribution in [3.63, 3.8) is 0 Å². The van der Waals surface area contributed by atoms with Crippen LogP contribution in [0.25, 0.3) is 0 Å². The Kier molecular flexibility index (Phi) is 6.72. The minimum atomic E-state index is -2.56. The lowest BCUT2D eigenvalue weighted by Gasteiger charge is -2.27. The number of anilines is 1. The molecule has 2 amide bonds. The second kappa shape index (κ2) is 8.58. The number of hydrogen-bond acceptors (Lipinski definition) is 4. The van der Waals surface area contributed by atoms with Crippen LogP contribution in [-0.4, -0.2) is 30.9 Å². The lowest BCUT2D eigenvalue weighted by atomic mass is 9.87. The third kappa shape index (κ3) is 4.67. The Labute approximate surface area is 151 Å². The van der Waals surface area contributed by atoms with E-state index in [0.717, 1.165) is 25.9 Å². The Bertz CT molecular complexity index is 636. The molecule has 1 aromatic carbocycles. The molecule has 1 atom stereocenters. The zero-order chi connectivity index (χ0) is 17.1. The number of imide groups is 1. The number of alkyl halides is 2. The fourth-order valence-corrected chi connectivity index (χ4v) is 3.39. The minimum Gasteiger partial charge on any atom is -0.374 e. The Balaban J connectivity index is 0.00000225. The smallest absolute Gasteiger partial charge is 0.264 e. The Morgan fingerprint density at radius 1 is 1.12 bits per heavy atom. The summed E-state index contributed by atoms with van der Waals surface area (Å²) in [7, 11) is 0. The monoisotopic (exact) mass is 373 g/mol. The van der Waals surface area contributed by atoms with Gasteiger partial charge in [-0.1, -0.05) is 6.07 Å². The normalized spacial score (nSPS) is 21.6. The van der Waals surface area contributed by atoms with Crippen LogP contribution in [0, 0.1) is 0 Å². The zero-order valence-electron chi connectivity index (χ0n) is 13.7. The summed E-state index contributed by atoms with van der Waals surface area (Å²) in [6.45, 7) is 1.67. The number of nitrogens with one attached hydrogen (secondary N) is 3. The summed E-state index contributed by atoms with van der Waals surface area (Å²) in [4.78, 5) is 23.0. The van der Waals surface area contributed by atoms with Crippen LogP contribution >= 0.6 is 12.4 Å². The van der Waals surface area contributed by atoms with Crippen molar-refractivity contribution in [2.75, 3.05) is 18.4 Å². The number of hydrogen-bond donors (Lipinski definition) is 3. The molecule has 25 heavy (non-hydrogen) atoms. The van der Waals surface area contributed by atoms with Gasteiger partial charge in [0.25, 0.3) is 6.43 Å². The van der Waals surface area contributed by atoms with Crippen LogP contribution in [0.3, 0.4) is 0 Å². The maximum atomic E-state index is 13.5. The van der Waals surface area contributed by atoms with Crippen LogP contribution in [-0.2, 0) is 9.59 Å². The van der Waals surface area contributed by atoms with Gasteiger partial charge >= 0.3 is 0 Å². The predicted octanol–water partition coefficient (Wildman–Crippen LogP) is 2.73. The summed E-state index contributed by atoms with van der Waals surface area (Å²) < 4.78 is 27.0. The minimum absolute atomic E-state index is 0. The number of piperidine rings is 2. The number of rotatable bonds is 4. The van der Waals surface area contributed by atoms with Crippen LogP contribution in [0.5, 0.6) is 0 Å². The molecule has 0 aliphatic carbocycles. The summed E-state index contributed by atoms with van der Waals surface area (Å²) in [5.74, 6) is -0.570. The fourth-order valence-electron chi connectivity index (χ4n) is 3.39. The first-order valence-corrected chi connectivity index (χ1v) is 8.27. The van der Waals surface area contributed by atoms with Gasteiger partial charge in [-0.15, -0.1) is 12.4 Å². The van der Waals surface area contributed by atoms with Gasteiger partial charge in [0.15, 0.2) is 0 Å².